The average molecular weight is 275 g/mol. The van der Waals surface area contributed by atoms with Crippen molar-refractivity contribution in [3.8, 4) is 0 Å². The summed E-state index contributed by atoms with van der Waals surface area (Å²) in [6.45, 7) is 4.36. The van der Waals surface area contributed by atoms with Gasteiger partial charge < -0.3 is 10.5 Å². The van der Waals surface area contributed by atoms with Crippen molar-refractivity contribution in [3.05, 3.63) is 34.9 Å². The van der Waals surface area contributed by atoms with Crippen LogP contribution >= 0.6 is 0 Å². The van der Waals surface area contributed by atoms with Gasteiger partial charge in [0.25, 0.3) is 0 Å². The van der Waals surface area contributed by atoms with Gasteiger partial charge in [0.2, 0.25) is 0 Å². The van der Waals surface area contributed by atoms with Crippen LogP contribution in [0.4, 0.5) is 0 Å². The third kappa shape index (κ3) is 3.62. The summed E-state index contributed by atoms with van der Waals surface area (Å²) < 4.78 is 5.78. The molecule has 2 nitrogen and oxygen atoms in total. The van der Waals surface area contributed by atoms with E-state index in [0.717, 1.165) is 6.42 Å². The standard InChI is InChI=1S/C18H29NO/c1-13-8-7-9-14(2)16(13)12-17(19)18(20-3)15-10-5-4-6-11-15/h7-9,15,17-18H,4-6,10-12,19H2,1-3H3. The van der Waals surface area contributed by atoms with Crippen LogP contribution < -0.4 is 5.73 Å². The normalized spacial score (nSPS) is 19.8. The molecule has 2 heteroatoms. The number of ether oxygens (including phenoxy) is 1. The van der Waals surface area contributed by atoms with Crippen LogP contribution in [-0.2, 0) is 11.2 Å². The topological polar surface area (TPSA) is 35.2 Å². The molecule has 0 heterocycles. The van der Waals surface area contributed by atoms with Crippen LogP contribution in [0, 0.1) is 19.8 Å². The van der Waals surface area contributed by atoms with E-state index in [1.165, 1.54) is 48.8 Å². The van der Waals surface area contributed by atoms with Gasteiger partial charge in [-0.3, -0.25) is 0 Å². The summed E-state index contributed by atoms with van der Waals surface area (Å²) in [6.07, 6.45) is 7.72. The number of nitrogens with two attached hydrogens (primary N) is 1. The third-order valence-corrected chi connectivity index (χ3v) is 4.89. The first kappa shape index (κ1) is 15.5. The minimum Gasteiger partial charge on any atom is -0.380 e. The van der Waals surface area contributed by atoms with E-state index in [4.69, 9.17) is 10.5 Å². The van der Waals surface area contributed by atoms with Gasteiger partial charge in [-0.25, -0.2) is 0 Å². The fourth-order valence-corrected chi connectivity index (χ4v) is 3.70. The van der Waals surface area contributed by atoms with Gasteiger partial charge >= 0.3 is 0 Å². The van der Waals surface area contributed by atoms with Gasteiger partial charge in [-0.05, 0) is 55.7 Å². The van der Waals surface area contributed by atoms with E-state index in [-0.39, 0.29) is 12.1 Å². The average Bonchev–Trinajstić information content (AvgIpc) is 2.45. The molecule has 1 fully saturated rings. The molecule has 1 aliphatic rings. The van der Waals surface area contributed by atoms with Crippen LogP contribution in [0.15, 0.2) is 18.2 Å². The zero-order valence-corrected chi connectivity index (χ0v) is 13.2. The molecule has 0 amide bonds. The summed E-state index contributed by atoms with van der Waals surface area (Å²) in [5.74, 6) is 0.646. The predicted molar refractivity (Wildman–Crippen MR) is 85.0 cm³/mol. The quantitative estimate of drug-likeness (QED) is 0.888. The van der Waals surface area contributed by atoms with E-state index in [1.807, 2.05) is 7.11 Å². The van der Waals surface area contributed by atoms with Crippen LogP contribution in [0.3, 0.4) is 0 Å². The van der Waals surface area contributed by atoms with Crippen molar-refractivity contribution in [1.29, 1.82) is 0 Å². The molecule has 2 rings (SSSR count). The molecule has 2 unspecified atom stereocenters. The van der Waals surface area contributed by atoms with Gasteiger partial charge in [-0.15, -0.1) is 0 Å². The molecule has 112 valence electrons. The summed E-state index contributed by atoms with van der Waals surface area (Å²) in [4.78, 5) is 0. The van der Waals surface area contributed by atoms with Gasteiger partial charge in [-0.2, -0.15) is 0 Å². The van der Waals surface area contributed by atoms with Gasteiger partial charge in [0, 0.05) is 13.2 Å². The summed E-state index contributed by atoms with van der Waals surface area (Å²) >= 11 is 0. The molecule has 1 aromatic rings. The van der Waals surface area contributed by atoms with Crippen molar-refractivity contribution in [2.75, 3.05) is 7.11 Å². The number of benzene rings is 1. The Kier molecular flexibility index (Phi) is 5.62. The van der Waals surface area contributed by atoms with Crippen LogP contribution in [0.1, 0.15) is 48.8 Å². The maximum absolute atomic E-state index is 6.50. The van der Waals surface area contributed by atoms with Crippen LogP contribution in [-0.4, -0.2) is 19.3 Å². The highest BCUT2D eigenvalue weighted by atomic mass is 16.5. The van der Waals surface area contributed by atoms with Crippen molar-refractivity contribution in [2.45, 2.75) is 64.5 Å². The Labute approximate surface area is 123 Å². The Morgan fingerprint density at radius 1 is 1.15 bits per heavy atom. The minimum atomic E-state index is 0.0999. The van der Waals surface area contributed by atoms with E-state index in [1.54, 1.807) is 0 Å². The molecule has 1 aliphatic carbocycles. The summed E-state index contributed by atoms with van der Waals surface area (Å²) in [5.41, 5.74) is 10.6. The lowest BCUT2D eigenvalue weighted by molar-refractivity contribution is 0.0178. The molecule has 0 aromatic heterocycles. The molecular weight excluding hydrogens is 246 g/mol. The van der Waals surface area contributed by atoms with E-state index >= 15 is 0 Å². The Morgan fingerprint density at radius 2 is 1.75 bits per heavy atom. The summed E-state index contributed by atoms with van der Waals surface area (Å²) in [7, 11) is 1.82. The first-order chi connectivity index (χ1) is 9.63. The number of hydrogen-bond acceptors (Lipinski definition) is 2. The molecule has 0 radical (unpaired) electrons. The maximum Gasteiger partial charge on any atom is 0.0753 e. The lowest BCUT2D eigenvalue weighted by Crippen LogP contribution is -2.43. The summed E-state index contributed by atoms with van der Waals surface area (Å²) in [5, 5.41) is 0. The third-order valence-electron chi connectivity index (χ3n) is 4.89. The molecule has 1 saturated carbocycles. The van der Waals surface area contributed by atoms with Crippen molar-refractivity contribution >= 4 is 0 Å². The molecule has 2 atom stereocenters. The number of hydrogen-bond donors (Lipinski definition) is 1. The SMILES string of the molecule is COC(C(N)Cc1c(C)cccc1C)C1CCCCC1. The first-order valence-corrected chi connectivity index (χ1v) is 7.97. The second-order valence-corrected chi connectivity index (χ2v) is 6.34. The van der Waals surface area contributed by atoms with Crippen molar-refractivity contribution < 1.29 is 4.74 Å². The van der Waals surface area contributed by atoms with E-state index in [0.29, 0.717) is 5.92 Å². The lowest BCUT2D eigenvalue weighted by atomic mass is 9.81. The fourth-order valence-electron chi connectivity index (χ4n) is 3.70. The zero-order valence-electron chi connectivity index (χ0n) is 13.2. The van der Waals surface area contributed by atoms with Gasteiger partial charge in [0.05, 0.1) is 6.10 Å². The minimum absolute atomic E-state index is 0.0999. The Hall–Kier alpha value is -0.860. The van der Waals surface area contributed by atoms with E-state index in [9.17, 15) is 0 Å². The van der Waals surface area contributed by atoms with Gasteiger partial charge in [0.15, 0.2) is 0 Å². The molecule has 0 bridgehead atoms. The molecule has 0 saturated heterocycles. The molecule has 20 heavy (non-hydrogen) atoms. The number of rotatable bonds is 5. The summed E-state index contributed by atoms with van der Waals surface area (Å²) in [6, 6.07) is 6.58. The van der Waals surface area contributed by atoms with Crippen LogP contribution in [0.5, 0.6) is 0 Å². The number of aryl methyl sites for hydroxylation is 2. The second kappa shape index (κ2) is 7.24. The van der Waals surface area contributed by atoms with E-state index < -0.39 is 0 Å². The molecular formula is C18H29NO. The molecule has 1 aromatic carbocycles. The maximum atomic E-state index is 6.50. The van der Waals surface area contributed by atoms with E-state index in [2.05, 4.69) is 32.0 Å². The van der Waals surface area contributed by atoms with Crippen molar-refractivity contribution in [1.82, 2.24) is 0 Å². The predicted octanol–water partition coefficient (Wildman–Crippen LogP) is 3.77. The van der Waals surface area contributed by atoms with Gasteiger partial charge in [0.1, 0.15) is 0 Å². The highest BCUT2D eigenvalue weighted by Gasteiger charge is 2.29. The van der Waals surface area contributed by atoms with Crippen LogP contribution in [0.2, 0.25) is 0 Å². The Bertz CT molecular complexity index is 403. The highest BCUT2D eigenvalue weighted by Crippen LogP contribution is 2.30. The van der Waals surface area contributed by atoms with Gasteiger partial charge in [-0.1, -0.05) is 37.5 Å². The largest absolute Gasteiger partial charge is 0.380 e. The Balaban J connectivity index is 2.06. The molecule has 0 spiro atoms. The smallest absolute Gasteiger partial charge is 0.0753 e. The van der Waals surface area contributed by atoms with Crippen molar-refractivity contribution in [3.63, 3.8) is 0 Å². The molecule has 2 N–H and O–H groups in total. The Morgan fingerprint density at radius 3 is 2.30 bits per heavy atom. The number of methoxy groups -OCH3 is 1. The zero-order chi connectivity index (χ0) is 14.5. The highest BCUT2D eigenvalue weighted by molar-refractivity contribution is 5.34. The lowest BCUT2D eigenvalue weighted by Gasteiger charge is -2.33. The monoisotopic (exact) mass is 275 g/mol. The fraction of sp³-hybridized carbons (Fsp3) is 0.667. The second-order valence-electron chi connectivity index (χ2n) is 6.34. The first-order valence-electron chi connectivity index (χ1n) is 7.97. The van der Waals surface area contributed by atoms with Crippen LogP contribution in [0.25, 0.3) is 0 Å². The van der Waals surface area contributed by atoms with Crippen molar-refractivity contribution in [2.24, 2.45) is 11.7 Å². The molecule has 0 aliphatic heterocycles.